The van der Waals surface area contributed by atoms with Crippen molar-refractivity contribution in [1.29, 1.82) is 0 Å². The Bertz CT molecular complexity index is 2230. The molecule has 0 bridgehead atoms. The number of thiol groups is 1. The minimum atomic E-state index is -0.211. The fourth-order valence-corrected chi connectivity index (χ4v) is 6.14. The zero-order valence-electron chi connectivity index (χ0n) is 26.7. The number of halogens is 1. The minimum absolute atomic E-state index is 0.211. The summed E-state index contributed by atoms with van der Waals surface area (Å²) in [5.74, 6) is -0.211. The van der Waals surface area contributed by atoms with Gasteiger partial charge in [0, 0.05) is 44.3 Å². The summed E-state index contributed by atoms with van der Waals surface area (Å²) in [5.41, 5.74) is 7.40. The molecule has 8 heteroatoms. The van der Waals surface area contributed by atoms with Gasteiger partial charge in [0.05, 0.1) is 28.7 Å². The van der Waals surface area contributed by atoms with Crippen LogP contribution >= 0.6 is 28.7 Å². The first-order valence-corrected chi connectivity index (χ1v) is 16.6. The monoisotopic (exact) mass is 710 g/mol. The summed E-state index contributed by atoms with van der Waals surface area (Å²) in [6, 6.07) is 53.2. The molecule has 1 radical (unpaired) electrons. The number of aromatic nitrogens is 2. The van der Waals surface area contributed by atoms with Crippen LogP contribution in [0.25, 0.3) is 55.0 Å². The molecule has 48 heavy (non-hydrogen) atoms. The average Bonchev–Trinajstić information content (AvgIpc) is 3.63. The largest absolute Gasteiger partial charge is 0.309 e. The van der Waals surface area contributed by atoms with Gasteiger partial charge in [0.15, 0.2) is 0 Å². The van der Waals surface area contributed by atoms with Gasteiger partial charge in [-0.05, 0) is 67.6 Å². The molecule has 0 aliphatic heterocycles. The van der Waals surface area contributed by atoms with E-state index in [2.05, 4.69) is 200 Å². The first-order chi connectivity index (χ1) is 23.5. The summed E-state index contributed by atoms with van der Waals surface area (Å²) in [6.45, 7) is 3.65. The maximum Gasteiger partial charge on any atom is 0.0541 e. The van der Waals surface area contributed by atoms with Crippen molar-refractivity contribution in [3.63, 3.8) is 0 Å². The van der Waals surface area contributed by atoms with Gasteiger partial charge in [-0.15, -0.1) is 0 Å². The van der Waals surface area contributed by atoms with Crippen molar-refractivity contribution in [3.05, 3.63) is 156 Å². The van der Waals surface area contributed by atoms with Gasteiger partial charge in [-0.3, -0.25) is 4.79 Å². The summed E-state index contributed by atoms with van der Waals surface area (Å²) in [4.78, 5) is 9.82. The van der Waals surface area contributed by atoms with Crippen molar-refractivity contribution < 1.29 is 9.53 Å². The number of ether oxygens (including phenoxy) is 1. The fourth-order valence-electron chi connectivity index (χ4n) is 5.78. The third-order valence-corrected chi connectivity index (χ3v) is 8.08. The molecule has 2 aromatic heterocycles. The third-order valence-electron chi connectivity index (χ3n) is 7.59. The van der Waals surface area contributed by atoms with Gasteiger partial charge >= 0.3 is 30.7 Å². The predicted octanol–water partition coefficient (Wildman–Crippen LogP) is 11.1. The maximum absolute atomic E-state index is 9.82. The van der Waals surface area contributed by atoms with Gasteiger partial charge < -0.3 is 13.9 Å². The van der Waals surface area contributed by atoms with Crippen molar-refractivity contribution in [2.24, 2.45) is 4.30 Å². The van der Waals surface area contributed by atoms with E-state index in [1.807, 2.05) is 6.07 Å². The van der Waals surface area contributed by atoms with Crippen LogP contribution in [0.2, 0.25) is 0 Å². The molecule has 6 aromatic carbocycles. The second-order valence-corrected chi connectivity index (χ2v) is 11.7. The molecule has 0 saturated heterocycles. The van der Waals surface area contributed by atoms with Crippen LogP contribution < -0.4 is 0 Å². The Kier molecular flexibility index (Phi) is 12.0. The molecule has 5 nitrogen and oxygen atoms in total. The van der Waals surface area contributed by atoms with Gasteiger partial charge in [0.25, 0.3) is 0 Å². The smallest absolute Gasteiger partial charge is 0.0541 e. The number of para-hydroxylation sites is 5. The summed E-state index contributed by atoms with van der Waals surface area (Å²) < 4.78 is 12.8. The van der Waals surface area contributed by atoms with Crippen LogP contribution in [0.1, 0.15) is 13.8 Å². The molecule has 0 fully saturated rings. The normalized spacial score (nSPS) is 10.3. The first kappa shape index (κ1) is 34.4. The molecule has 0 atom stereocenters. The van der Waals surface area contributed by atoms with E-state index in [0.717, 1.165) is 4.47 Å². The van der Waals surface area contributed by atoms with Gasteiger partial charge in [-0.25, -0.2) is 0 Å². The van der Waals surface area contributed by atoms with E-state index in [1.54, 1.807) is 6.92 Å². The molecule has 0 amide bonds. The number of carbonyl (C=O) groups is 1. The second kappa shape index (κ2) is 16.8. The summed E-state index contributed by atoms with van der Waals surface area (Å²) >= 11 is 6.77. The number of hydrogen-bond acceptors (Lipinski definition) is 4. The Hall–Kier alpha value is -4.92. The van der Waals surface area contributed by atoms with Crippen LogP contribution in [0.15, 0.2) is 160 Å². The Morgan fingerprint density at radius 2 is 0.979 bits per heavy atom. The Morgan fingerprint density at radius 1 is 0.625 bits per heavy atom. The quantitative estimate of drug-likeness (QED) is 0.113. The number of rotatable bonds is 3. The van der Waals surface area contributed by atoms with Crippen LogP contribution in [0, 0.1) is 0 Å². The SMILES string of the molecule is Brc1ccc2c(c1)c1ccccc1n2-c1ccccc1.CCOC(C)=O.[B]=NS.c1ccc(-n2c3ccccc3c3ccccc32)cc1. The van der Waals surface area contributed by atoms with Crippen molar-refractivity contribution in [2.75, 3.05) is 6.61 Å². The van der Waals surface area contributed by atoms with E-state index in [0.29, 0.717) is 6.61 Å². The third kappa shape index (κ3) is 7.79. The van der Waals surface area contributed by atoms with E-state index < -0.39 is 0 Å². The number of fused-ring (bicyclic) bond motifs is 6. The van der Waals surface area contributed by atoms with Gasteiger partial charge in [-0.2, -0.15) is 0 Å². The van der Waals surface area contributed by atoms with E-state index in [9.17, 15) is 4.79 Å². The standard InChI is InChI=1S/C18H12BrN.C18H13N.C4H8O2.BHNS/c19-13-10-11-18-16(12-13)15-8-4-5-9-17(15)20(18)14-6-2-1-3-7-14;1-2-8-14(9-3-1)19-17-12-6-4-10-15(17)16-11-5-7-13-18(16)19;1-3-6-4(2)5;1-2-3/h1-12H;1-13H;3H2,1-2H3;3H. The topological polar surface area (TPSA) is 48.5 Å². The Morgan fingerprint density at radius 3 is 1.35 bits per heavy atom. The van der Waals surface area contributed by atoms with Crippen LogP contribution in [0.4, 0.5) is 0 Å². The molecule has 0 aliphatic carbocycles. The predicted molar refractivity (Wildman–Crippen MR) is 209 cm³/mol. The summed E-state index contributed by atoms with van der Waals surface area (Å²) in [6.07, 6.45) is 0. The first-order valence-electron chi connectivity index (χ1n) is 15.4. The summed E-state index contributed by atoms with van der Waals surface area (Å²) in [5, 5.41) is 5.18. The van der Waals surface area contributed by atoms with Crippen LogP contribution in [-0.4, -0.2) is 29.3 Å². The van der Waals surface area contributed by atoms with Crippen molar-refractivity contribution in [3.8, 4) is 11.4 Å². The number of carbonyl (C=O) groups excluding carboxylic acids is 1. The Labute approximate surface area is 295 Å². The van der Waals surface area contributed by atoms with E-state index in [4.69, 9.17) is 0 Å². The van der Waals surface area contributed by atoms with E-state index >= 15 is 0 Å². The molecule has 0 aliphatic rings. The minimum Gasteiger partial charge on any atom is -0.309 e. The van der Waals surface area contributed by atoms with Crippen molar-refractivity contribution in [2.45, 2.75) is 13.8 Å². The molecular weight excluding hydrogens is 677 g/mol. The van der Waals surface area contributed by atoms with E-state index in [-0.39, 0.29) is 5.97 Å². The molecule has 0 spiro atoms. The zero-order chi connectivity index (χ0) is 33.9. The molecule has 0 N–H and O–H groups in total. The van der Waals surface area contributed by atoms with E-state index in [1.165, 1.54) is 61.9 Å². The fraction of sp³-hybridized carbons (Fsp3) is 0.0750. The van der Waals surface area contributed by atoms with Crippen LogP contribution in [0.5, 0.6) is 0 Å². The number of benzene rings is 6. The molecular formula is C40H34BBrN3O2S. The number of esters is 1. The molecule has 8 rings (SSSR count). The second-order valence-electron chi connectivity index (χ2n) is 10.6. The molecule has 2 heterocycles. The average molecular weight is 712 g/mol. The molecule has 237 valence electrons. The molecule has 8 aromatic rings. The number of nitrogens with zero attached hydrogens (tertiary/aromatic N) is 3. The van der Waals surface area contributed by atoms with Crippen molar-refractivity contribution in [1.82, 2.24) is 9.13 Å². The van der Waals surface area contributed by atoms with Crippen LogP contribution in [0.3, 0.4) is 0 Å². The molecule has 0 unspecified atom stereocenters. The van der Waals surface area contributed by atoms with Gasteiger partial charge in [0.1, 0.15) is 0 Å². The van der Waals surface area contributed by atoms with Gasteiger partial charge in [-0.1, -0.05) is 107 Å². The summed E-state index contributed by atoms with van der Waals surface area (Å²) in [7, 11) is 4.34. The maximum atomic E-state index is 9.82. The van der Waals surface area contributed by atoms with Gasteiger partial charge in [0.2, 0.25) is 0 Å². The zero-order valence-corrected chi connectivity index (χ0v) is 29.2. The van der Waals surface area contributed by atoms with Crippen molar-refractivity contribution >= 4 is 86.0 Å². The Balaban J connectivity index is 0.000000151. The molecule has 0 saturated carbocycles. The number of hydrogen-bond donors (Lipinski definition) is 1. The van der Waals surface area contributed by atoms with Crippen LogP contribution in [-0.2, 0) is 9.53 Å².